The van der Waals surface area contributed by atoms with Gasteiger partial charge in [0.2, 0.25) is 0 Å². The maximum absolute atomic E-state index is 6.89. The molecule has 0 saturated heterocycles. The smallest absolute Gasteiger partial charge is 0.110 e. The van der Waals surface area contributed by atoms with E-state index in [1.54, 1.807) is 0 Å². The summed E-state index contributed by atoms with van der Waals surface area (Å²) in [5.41, 5.74) is 0.0563. The summed E-state index contributed by atoms with van der Waals surface area (Å²) in [6.45, 7) is 3.71. The van der Waals surface area contributed by atoms with Gasteiger partial charge in [-0.3, -0.25) is 0 Å². The average molecular weight is 476 g/mol. The summed E-state index contributed by atoms with van der Waals surface area (Å²) < 4.78 is -5.93. The first-order valence-electron chi connectivity index (χ1n) is 6.50. The zero-order chi connectivity index (χ0) is 17.9. The Bertz CT molecular complexity index is 632. The Balaban J connectivity index is 2.76. The fourth-order valence-electron chi connectivity index (χ4n) is 2.57. The molecule has 0 amide bonds. The highest BCUT2D eigenvalue weighted by Crippen LogP contribution is 2.69. The van der Waals surface area contributed by atoms with Gasteiger partial charge in [0.05, 0.1) is 5.03 Å². The number of hydrogen-bond donors (Lipinski definition) is 0. The van der Waals surface area contributed by atoms with Crippen molar-refractivity contribution in [1.29, 1.82) is 0 Å². The predicted octanol–water partition coefficient (Wildman–Crippen LogP) is 7.60. The van der Waals surface area contributed by atoms with Crippen LogP contribution in [0.2, 0.25) is 0 Å². The van der Waals surface area contributed by atoms with E-state index in [1.165, 1.54) is 6.08 Å². The van der Waals surface area contributed by atoms with Crippen LogP contribution in [0.1, 0.15) is 19.4 Å². The summed E-state index contributed by atoms with van der Waals surface area (Å²) >= 11 is 51.3. The third-order valence-electron chi connectivity index (χ3n) is 4.28. The second-order valence-electron chi connectivity index (χ2n) is 5.92. The Kier molecular flexibility index (Phi) is 5.52. The van der Waals surface area contributed by atoms with Crippen molar-refractivity contribution in [3.8, 4) is 0 Å². The Labute approximate surface area is 175 Å². The van der Waals surface area contributed by atoms with Crippen LogP contribution >= 0.6 is 92.8 Å². The number of allylic oxidation sites excluding steroid dienone is 2. The van der Waals surface area contributed by atoms with E-state index in [4.69, 9.17) is 92.8 Å². The minimum atomic E-state index is -2.06. The number of hydrogen-bond acceptors (Lipinski definition) is 0. The van der Waals surface area contributed by atoms with Crippen molar-refractivity contribution in [1.82, 2.24) is 0 Å². The molecule has 0 spiro atoms. The summed E-state index contributed by atoms with van der Waals surface area (Å²) in [7, 11) is 0. The summed E-state index contributed by atoms with van der Waals surface area (Å²) in [6, 6.07) is 9.41. The van der Waals surface area contributed by atoms with Crippen LogP contribution in [0.3, 0.4) is 0 Å². The van der Waals surface area contributed by atoms with Crippen molar-refractivity contribution in [2.24, 2.45) is 0 Å². The molecule has 0 aliphatic heterocycles. The molecule has 8 heteroatoms. The Morgan fingerprint density at radius 2 is 1.26 bits per heavy atom. The quantitative estimate of drug-likeness (QED) is 0.386. The summed E-state index contributed by atoms with van der Waals surface area (Å²) in [5.74, 6) is 0. The van der Waals surface area contributed by atoms with Crippen molar-refractivity contribution >= 4 is 92.8 Å². The predicted molar refractivity (Wildman–Crippen MR) is 105 cm³/mol. The Morgan fingerprint density at radius 1 is 0.783 bits per heavy atom. The molecule has 0 aromatic heterocycles. The van der Waals surface area contributed by atoms with Gasteiger partial charge in [-0.25, -0.2) is 0 Å². The first-order valence-corrected chi connectivity index (χ1v) is 9.52. The topological polar surface area (TPSA) is 0 Å². The second-order valence-corrected chi connectivity index (χ2v) is 10.9. The molecular formula is C15H12Cl8. The van der Waals surface area contributed by atoms with E-state index < -0.39 is 23.3 Å². The number of alkyl halides is 7. The maximum atomic E-state index is 6.89. The average Bonchev–Trinajstić information content (AvgIpc) is 2.46. The van der Waals surface area contributed by atoms with Gasteiger partial charge in [0.1, 0.15) is 4.87 Å². The van der Waals surface area contributed by atoms with E-state index >= 15 is 0 Å². The van der Waals surface area contributed by atoms with E-state index in [1.807, 2.05) is 44.2 Å². The lowest BCUT2D eigenvalue weighted by atomic mass is 9.68. The largest absolute Gasteiger partial charge is 0.190 e. The lowest BCUT2D eigenvalue weighted by molar-refractivity contribution is 0.343. The van der Waals surface area contributed by atoms with Crippen LogP contribution in [-0.4, -0.2) is 17.9 Å². The van der Waals surface area contributed by atoms with Gasteiger partial charge in [-0.2, -0.15) is 0 Å². The highest BCUT2D eigenvalue weighted by atomic mass is 35.5. The first kappa shape index (κ1) is 20.6. The third kappa shape index (κ3) is 2.72. The molecule has 1 aromatic carbocycles. The highest BCUT2D eigenvalue weighted by molar-refractivity contribution is 6.74. The number of halogens is 8. The molecule has 128 valence electrons. The van der Waals surface area contributed by atoms with E-state index in [9.17, 15) is 0 Å². The van der Waals surface area contributed by atoms with Gasteiger partial charge in [0.25, 0.3) is 0 Å². The monoisotopic (exact) mass is 472 g/mol. The van der Waals surface area contributed by atoms with E-state index in [0.717, 1.165) is 5.56 Å². The molecule has 23 heavy (non-hydrogen) atoms. The standard InChI is InChI=1S/C15H12Cl8/c1-11(2,9-6-4-3-5-7-9)12(17)8-10(16)13(18,19)15(22,23)14(12,20)21/h3-8H,1-2H3. The van der Waals surface area contributed by atoms with Crippen LogP contribution < -0.4 is 0 Å². The van der Waals surface area contributed by atoms with E-state index in [-0.39, 0.29) is 5.03 Å². The van der Waals surface area contributed by atoms with Gasteiger partial charge in [-0.1, -0.05) is 125 Å². The van der Waals surface area contributed by atoms with Crippen LogP contribution in [0, 0.1) is 0 Å². The van der Waals surface area contributed by atoms with Crippen LogP contribution in [0.5, 0.6) is 0 Å². The molecular weight excluding hydrogens is 464 g/mol. The molecule has 1 unspecified atom stereocenters. The lowest BCUT2D eigenvalue weighted by Gasteiger charge is -2.56. The van der Waals surface area contributed by atoms with Crippen LogP contribution in [0.15, 0.2) is 41.4 Å². The summed E-state index contributed by atoms with van der Waals surface area (Å²) in [5, 5.41) is -0.0400. The van der Waals surface area contributed by atoms with Gasteiger partial charge in [0.15, 0.2) is 13.0 Å². The van der Waals surface area contributed by atoms with Crippen molar-refractivity contribution in [2.75, 3.05) is 0 Å². The molecule has 1 aliphatic rings. The number of benzene rings is 1. The molecule has 0 heterocycles. The molecule has 0 N–H and O–H groups in total. The molecule has 1 aliphatic carbocycles. The van der Waals surface area contributed by atoms with Crippen LogP contribution in [0.25, 0.3) is 0 Å². The zero-order valence-corrected chi connectivity index (χ0v) is 18.0. The fraction of sp³-hybridized carbons (Fsp3) is 0.467. The van der Waals surface area contributed by atoms with Crippen LogP contribution in [0.4, 0.5) is 0 Å². The second kappa shape index (κ2) is 6.17. The molecule has 1 aromatic rings. The van der Waals surface area contributed by atoms with Gasteiger partial charge < -0.3 is 0 Å². The highest BCUT2D eigenvalue weighted by Gasteiger charge is 2.75. The van der Waals surface area contributed by atoms with Crippen molar-refractivity contribution in [3.05, 3.63) is 47.0 Å². The van der Waals surface area contributed by atoms with Crippen molar-refractivity contribution in [3.63, 3.8) is 0 Å². The SMILES string of the molecule is CC(C)(c1ccccc1)C1(Cl)C=C(Cl)C(Cl)(Cl)C(Cl)(Cl)C1(Cl)Cl. The molecule has 1 atom stereocenters. The number of rotatable bonds is 2. The Morgan fingerprint density at radius 3 is 1.74 bits per heavy atom. The van der Waals surface area contributed by atoms with E-state index in [0.29, 0.717) is 0 Å². The molecule has 0 nitrogen and oxygen atoms in total. The molecule has 2 rings (SSSR count). The van der Waals surface area contributed by atoms with Crippen molar-refractivity contribution < 1.29 is 0 Å². The van der Waals surface area contributed by atoms with Crippen molar-refractivity contribution in [2.45, 2.75) is 37.1 Å². The van der Waals surface area contributed by atoms with Crippen LogP contribution in [-0.2, 0) is 5.41 Å². The summed E-state index contributed by atoms with van der Waals surface area (Å²) in [4.78, 5) is -1.49. The lowest BCUT2D eigenvalue weighted by Crippen LogP contribution is -2.68. The fourth-order valence-corrected chi connectivity index (χ4v) is 5.44. The molecule has 0 radical (unpaired) electrons. The molecule has 0 bridgehead atoms. The summed E-state index contributed by atoms with van der Waals surface area (Å²) in [6.07, 6.45) is 1.42. The van der Waals surface area contributed by atoms with E-state index in [2.05, 4.69) is 0 Å². The van der Waals surface area contributed by atoms with Gasteiger partial charge in [-0.05, 0) is 11.6 Å². The molecule has 0 saturated carbocycles. The minimum Gasteiger partial charge on any atom is -0.110 e. The first-order chi connectivity index (χ1) is 10.2. The Hall–Kier alpha value is 1.28. The normalized spacial score (nSPS) is 29.0. The van der Waals surface area contributed by atoms with Gasteiger partial charge in [-0.15, -0.1) is 11.6 Å². The minimum absolute atomic E-state index is 0.0400. The molecule has 0 fully saturated rings. The van der Waals surface area contributed by atoms with Gasteiger partial charge in [0, 0.05) is 5.41 Å². The maximum Gasteiger partial charge on any atom is 0.190 e. The van der Waals surface area contributed by atoms with Gasteiger partial charge >= 0.3 is 0 Å². The third-order valence-corrected chi connectivity index (χ3v) is 9.97. The zero-order valence-electron chi connectivity index (χ0n) is 12.0.